The number of amides is 1. The molecule has 1 amide bonds. The second-order valence-electron chi connectivity index (χ2n) is 10.3. The molecule has 0 aliphatic heterocycles. The van der Waals surface area contributed by atoms with E-state index in [0.29, 0.717) is 22.6 Å². The molecule has 3 aromatic rings. The summed E-state index contributed by atoms with van der Waals surface area (Å²) < 4.78 is 20.8. The van der Waals surface area contributed by atoms with Crippen LogP contribution < -0.4 is 0 Å². The SMILES string of the molecule is COCN(C[C@@H](O)c1ccccc1)C(=O)c1nc(-c2ccc(F)cc2)n(CC[C@@H](O)C[C@@H](O)CC(=O)O)c1C(C)C. The number of carbonyl (C=O) groups is 2. The van der Waals surface area contributed by atoms with Crippen molar-refractivity contribution in [3.63, 3.8) is 0 Å². The molecule has 0 aliphatic carbocycles. The summed E-state index contributed by atoms with van der Waals surface area (Å²) in [5.74, 6) is -1.88. The van der Waals surface area contributed by atoms with E-state index in [1.165, 1.54) is 24.1 Å². The van der Waals surface area contributed by atoms with Gasteiger partial charge < -0.3 is 34.6 Å². The number of methoxy groups -OCH3 is 1. The Bertz CT molecular complexity index is 1280. The van der Waals surface area contributed by atoms with Crippen LogP contribution >= 0.6 is 0 Å². The number of aromatic nitrogens is 2. The number of ether oxygens (including phenoxy) is 1. The summed E-state index contributed by atoms with van der Waals surface area (Å²) in [6.07, 6.45) is -3.66. The molecule has 0 radical (unpaired) electrons. The maximum absolute atomic E-state index is 13.9. The third-order valence-corrected chi connectivity index (χ3v) is 6.65. The Hall–Kier alpha value is -3.64. The van der Waals surface area contributed by atoms with E-state index in [2.05, 4.69) is 0 Å². The standard InChI is InChI=1S/C30H38FN3O7/c1-19(2)28-27(30(40)33(18-41-3)17-25(37)20-7-5-4-6-8-20)32-29(21-9-11-22(31)12-10-21)34(28)14-13-23(35)15-24(36)16-26(38)39/h4-12,19,23-25,35-37H,13-18H2,1-3H3,(H,38,39)/t23-,24-,25-/m1/s1. The minimum atomic E-state index is -1.21. The molecule has 10 nitrogen and oxygen atoms in total. The highest BCUT2D eigenvalue weighted by Crippen LogP contribution is 2.30. The van der Waals surface area contributed by atoms with Gasteiger partial charge in [0.15, 0.2) is 5.69 Å². The van der Waals surface area contributed by atoms with E-state index in [-0.39, 0.29) is 44.3 Å². The molecule has 1 aromatic heterocycles. The van der Waals surface area contributed by atoms with Gasteiger partial charge in [0.25, 0.3) is 5.91 Å². The quantitative estimate of drug-likeness (QED) is 0.203. The number of hydrogen-bond donors (Lipinski definition) is 4. The van der Waals surface area contributed by atoms with Crippen molar-refractivity contribution in [2.24, 2.45) is 0 Å². The molecule has 222 valence electrons. The lowest BCUT2D eigenvalue weighted by Gasteiger charge is -2.25. The third-order valence-electron chi connectivity index (χ3n) is 6.65. The van der Waals surface area contributed by atoms with Crippen molar-refractivity contribution >= 4 is 11.9 Å². The minimum absolute atomic E-state index is 0.0485. The minimum Gasteiger partial charge on any atom is -0.481 e. The summed E-state index contributed by atoms with van der Waals surface area (Å²) in [6, 6.07) is 14.6. The van der Waals surface area contributed by atoms with E-state index in [1.807, 2.05) is 19.9 Å². The molecule has 3 rings (SSSR count). The summed E-state index contributed by atoms with van der Waals surface area (Å²) in [6.45, 7) is 3.83. The van der Waals surface area contributed by atoms with Gasteiger partial charge in [-0.15, -0.1) is 0 Å². The number of hydrogen-bond acceptors (Lipinski definition) is 7. The lowest BCUT2D eigenvalue weighted by atomic mass is 10.0. The smallest absolute Gasteiger partial charge is 0.305 e. The molecule has 41 heavy (non-hydrogen) atoms. The van der Waals surface area contributed by atoms with Crippen LogP contribution in [0.5, 0.6) is 0 Å². The average molecular weight is 572 g/mol. The topological polar surface area (TPSA) is 145 Å². The second kappa shape index (κ2) is 14.8. The normalized spacial score (nSPS) is 13.7. The Labute approximate surface area is 238 Å². The number of halogens is 1. The van der Waals surface area contributed by atoms with Crippen molar-refractivity contribution in [1.82, 2.24) is 14.5 Å². The zero-order valence-corrected chi connectivity index (χ0v) is 23.5. The highest BCUT2D eigenvalue weighted by atomic mass is 19.1. The largest absolute Gasteiger partial charge is 0.481 e. The van der Waals surface area contributed by atoms with Crippen LogP contribution in [0.3, 0.4) is 0 Å². The number of benzene rings is 2. The molecule has 0 fully saturated rings. The predicted molar refractivity (Wildman–Crippen MR) is 150 cm³/mol. The molecule has 0 unspecified atom stereocenters. The van der Waals surface area contributed by atoms with E-state index in [4.69, 9.17) is 14.8 Å². The Kier molecular flexibility index (Phi) is 11.5. The van der Waals surface area contributed by atoms with Crippen molar-refractivity contribution in [2.45, 2.75) is 63.9 Å². The highest BCUT2D eigenvalue weighted by Gasteiger charge is 2.30. The van der Waals surface area contributed by atoms with Gasteiger partial charge in [-0.1, -0.05) is 44.2 Å². The molecular formula is C30H38FN3O7. The van der Waals surface area contributed by atoms with Gasteiger partial charge in [0.05, 0.1) is 37.0 Å². The molecular weight excluding hydrogens is 533 g/mol. The molecule has 0 bridgehead atoms. The second-order valence-corrected chi connectivity index (χ2v) is 10.3. The van der Waals surface area contributed by atoms with Crippen molar-refractivity contribution in [3.8, 4) is 11.4 Å². The van der Waals surface area contributed by atoms with Crippen LogP contribution in [0.25, 0.3) is 11.4 Å². The molecule has 1 heterocycles. The molecule has 0 saturated heterocycles. The van der Waals surface area contributed by atoms with Crippen molar-refractivity contribution in [1.29, 1.82) is 0 Å². The van der Waals surface area contributed by atoms with Gasteiger partial charge in [-0.05, 0) is 48.6 Å². The van der Waals surface area contributed by atoms with Gasteiger partial charge >= 0.3 is 5.97 Å². The predicted octanol–water partition coefficient (Wildman–Crippen LogP) is 3.57. The Balaban J connectivity index is 1.99. The van der Waals surface area contributed by atoms with Crippen molar-refractivity contribution in [2.75, 3.05) is 20.4 Å². The lowest BCUT2D eigenvalue weighted by Crippen LogP contribution is -2.37. The number of aliphatic hydroxyl groups excluding tert-OH is 3. The average Bonchev–Trinajstić information content (AvgIpc) is 3.31. The third kappa shape index (κ3) is 8.67. The molecule has 3 atom stereocenters. The maximum Gasteiger partial charge on any atom is 0.305 e. The van der Waals surface area contributed by atoms with E-state index < -0.39 is 42.4 Å². The molecule has 0 spiro atoms. The number of carbonyl (C=O) groups excluding carboxylic acids is 1. The number of carboxylic acid groups (broad SMARTS) is 1. The van der Waals surface area contributed by atoms with Gasteiger partial charge in [-0.25, -0.2) is 9.37 Å². The number of carboxylic acids is 1. The fraction of sp³-hybridized carbons (Fsp3) is 0.433. The fourth-order valence-electron chi connectivity index (χ4n) is 4.74. The Morgan fingerprint density at radius 1 is 1.02 bits per heavy atom. The molecule has 2 aromatic carbocycles. The molecule has 4 N–H and O–H groups in total. The fourth-order valence-corrected chi connectivity index (χ4v) is 4.74. The van der Waals surface area contributed by atoms with Crippen LogP contribution in [0.4, 0.5) is 4.39 Å². The number of aliphatic carboxylic acids is 1. The van der Waals surface area contributed by atoms with Gasteiger partial charge in [0.1, 0.15) is 18.4 Å². The zero-order chi connectivity index (χ0) is 30.1. The molecule has 0 saturated carbocycles. The van der Waals surface area contributed by atoms with E-state index in [9.17, 15) is 29.3 Å². The van der Waals surface area contributed by atoms with Crippen molar-refractivity contribution < 1.29 is 39.1 Å². The van der Waals surface area contributed by atoms with E-state index in [0.717, 1.165) is 0 Å². The van der Waals surface area contributed by atoms with Crippen LogP contribution in [-0.2, 0) is 16.1 Å². The Morgan fingerprint density at radius 2 is 1.68 bits per heavy atom. The number of rotatable bonds is 15. The lowest BCUT2D eigenvalue weighted by molar-refractivity contribution is -0.139. The Morgan fingerprint density at radius 3 is 2.27 bits per heavy atom. The van der Waals surface area contributed by atoms with Crippen LogP contribution in [0.2, 0.25) is 0 Å². The first kappa shape index (κ1) is 31.9. The summed E-state index contributed by atoms with van der Waals surface area (Å²) in [4.78, 5) is 30.9. The number of nitrogens with zero attached hydrogens (tertiary/aromatic N) is 3. The highest BCUT2D eigenvalue weighted by molar-refractivity contribution is 5.94. The van der Waals surface area contributed by atoms with Crippen LogP contribution in [0.1, 0.15) is 66.9 Å². The zero-order valence-electron chi connectivity index (χ0n) is 23.5. The van der Waals surface area contributed by atoms with Gasteiger partial charge in [-0.3, -0.25) is 9.59 Å². The van der Waals surface area contributed by atoms with Crippen LogP contribution in [0.15, 0.2) is 54.6 Å². The first-order chi connectivity index (χ1) is 19.5. The van der Waals surface area contributed by atoms with Crippen LogP contribution in [0, 0.1) is 5.82 Å². The monoisotopic (exact) mass is 571 g/mol. The summed E-state index contributed by atoms with van der Waals surface area (Å²) in [5.41, 5.74) is 1.90. The number of aliphatic hydroxyl groups is 3. The first-order valence-corrected chi connectivity index (χ1v) is 13.5. The summed E-state index contributed by atoms with van der Waals surface area (Å²) in [7, 11) is 1.45. The van der Waals surface area contributed by atoms with Gasteiger partial charge in [-0.2, -0.15) is 0 Å². The number of imidazole rings is 1. The summed E-state index contributed by atoms with van der Waals surface area (Å²) >= 11 is 0. The molecule has 0 aliphatic rings. The van der Waals surface area contributed by atoms with Gasteiger partial charge in [0, 0.05) is 19.2 Å². The maximum atomic E-state index is 13.9. The first-order valence-electron chi connectivity index (χ1n) is 13.5. The van der Waals surface area contributed by atoms with Gasteiger partial charge in [0.2, 0.25) is 0 Å². The summed E-state index contributed by atoms with van der Waals surface area (Å²) in [5, 5.41) is 40.2. The van der Waals surface area contributed by atoms with E-state index >= 15 is 0 Å². The van der Waals surface area contributed by atoms with Crippen molar-refractivity contribution in [3.05, 3.63) is 77.4 Å². The van der Waals surface area contributed by atoms with E-state index in [1.54, 1.807) is 41.0 Å². The molecule has 11 heteroatoms. The van der Waals surface area contributed by atoms with Crippen LogP contribution in [-0.4, -0.2) is 79.3 Å².